The molecule has 1 aliphatic carbocycles. The molecule has 1 aliphatic rings. The Bertz CT molecular complexity index is 2500. The number of ether oxygens (including phenoxy) is 2. The Labute approximate surface area is 434 Å². The van der Waals surface area contributed by atoms with Gasteiger partial charge < -0.3 is 23.4 Å². The SMILES string of the molecule is C[C@@H]1CC[C@@H](C(C)(C)c2ccccc2)[C@H](OC(=O)/C=C/[C@@H](C[C@H](C[C@@H](CO)O[Si](c2ccccc2)(c2ccccc2)C(C)(C)C)OCc2ccccc2)O[Si](c2ccccc2)(c2ccccc2)C(C)(C)C)C1. The fourth-order valence-corrected chi connectivity index (χ4v) is 20.8. The van der Waals surface area contributed by atoms with Crippen molar-refractivity contribution in [2.75, 3.05) is 6.61 Å². The smallest absolute Gasteiger partial charge is 0.330 e. The van der Waals surface area contributed by atoms with Crippen LogP contribution in [-0.2, 0) is 35.1 Å². The first-order chi connectivity index (χ1) is 34.5. The third-order valence-corrected chi connectivity index (χ3v) is 25.4. The number of aliphatic hydroxyl groups is 1. The second-order valence-corrected chi connectivity index (χ2v) is 31.2. The van der Waals surface area contributed by atoms with Gasteiger partial charge in [0.2, 0.25) is 0 Å². The van der Waals surface area contributed by atoms with Crippen LogP contribution in [0.15, 0.2) is 194 Å². The Morgan fingerprint density at radius 3 is 1.46 bits per heavy atom. The minimum atomic E-state index is -3.20. The van der Waals surface area contributed by atoms with Crippen molar-refractivity contribution in [1.29, 1.82) is 0 Å². The largest absolute Gasteiger partial charge is 0.459 e. The number of carbonyl (C=O) groups is 1. The summed E-state index contributed by atoms with van der Waals surface area (Å²) in [6, 6.07) is 63.2. The molecule has 6 aromatic rings. The Hall–Kier alpha value is -5.20. The second-order valence-electron chi connectivity index (χ2n) is 22.7. The average molecular weight is 1000 g/mol. The van der Waals surface area contributed by atoms with Crippen LogP contribution in [0.3, 0.4) is 0 Å². The molecule has 0 amide bonds. The molecule has 72 heavy (non-hydrogen) atoms. The minimum absolute atomic E-state index is 0.152. The van der Waals surface area contributed by atoms with E-state index in [1.54, 1.807) is 6.08 Å². The molecule has 1 N–H and O–H groups in total. The van der Waals surface area contributed by atoms with Crippen molar-refractivity contribution in [2.24, 2.45) is 11.8 Å². The van der Waals surface area contributed by atoms with E-state index in [-0.39, 0.29) is 40.1 Å². The molecule has 380 valence electrons. The lowest BCUT2D eigenvalue weighted by atomic mass is 9.64. The van der Waals surface area contributed by atoms with Gasteiger partial charge in [-0.25, -0.2) is 4.79 Å². The quantitative estimate of drug-likeness (QED) is 0.0440. The van der Waals surface area contributed by atoms with Gasteiger partial charge in [0, 0.05) is 24.8 Å². The number of carbonyl (C=O) groups excluding carboxylic acids is 1. The van der Waals surface area contributed by atoms with E-state index in [4.69, 9.17) is 18.3 Å². The Morgan fingerprint density at radius 1 is 0.583 bits per heavy atom. The summed E-state index contributed by atoms with van der Waals surface area (Å²) in [7, 11) is -6.29. The number of hydrogen-bond donors (Lipinski definition) is 1. The summed E-state index contributed by atoms with van der Waals surface area (Å²) in [5.41, 5.74) is 2.09. The first kappa shape index (κ1) is 54.6. The Morgan fingerprint density at radius 2 is 1.01 bits per heavy atom. The normalized spacial score (nSPS) is 18.3. The maximum atomic E-state index is 14.5. The molecule has 7 rings (SSSR count). The van der Waals surface area contributed by atoms with Crippen LogP contribution in [0.2, 0.25) is 10.1 Å². The molecule has 8 heteroatoms. The average Bonchev–Trinajstić information content (AvgIpc) is 3.38. The second kappa shape index (κ2) is 24.2. The highest BCUT2D eigenvalue weighted by molar-refractivity contribution is 7.00. The van der Waals surface area contributed by atoms with Gasteiger partial charge in [-0.2, -0.15) is 0 Å². The van der Waals surface area contributed by atoms with Gasteiger partial charge in [0.05, 0.1) is 31.5 Å². The first-order valence-electron chi connectivity index (χ1n) is 26.3. The maximum absolute atomic E-state index is 14.5. The molecule has 0 heterocycles. The predicted octanol–water partition coefficient (Wildman–Crippen LogP) is 12.1. The van der Waals surface area contributed by atoms with Crippen LogP contribution >= 0.6 is 0 Å². The summed E-state index contributed by atoms with van der Waals surface area (Å²) in [6.07, 6.45) is 5.26. The highest BCUT2D eigenvalue weighted by atomic mass is 28.4. The molecule has 0 aromatic heterocycles. The van der Waals surface area contributed by atoms with Crippen molar-refractivity contribution in [3.8, 4) is 0 Å². The number of aliphatic hydroxyl groups excluding tert-OH is 1. The van der Waals surface area contributed by atoms with Gasteiger partial charge in [-0.05, 0) is 72.2 Å². The van der Waals surface area contributed by atoms with E-state index in [1.807, 2.05) is 36.4 Å². The van der Waals surface area contributed by atoms with Crippen molar-refractivity contribution in [3.63, 3.8) is 0 Å². The zero-order valence-electron chi connectivity index (χ0n) is 44.4. The van der Waals surface area contributed by atoms with E-state index in [9.17, 15) is 9.90 Å². The van der Waals surface area contributed by atoms with Crippen LogP contribution < -0.4 is 20.7 Å². The van der Waals surface area contributed by atoms with Crippen LogP contribution in [0.1, 0.15) is 106 Å². The van der Waals surface area contributed by atoms with Crippen LogP contribution in [0, 0.1) is 11.8 Å². The zero-order valence-corrected chi connectivity index (χ0v) is 46.4. The molecule has 1 fully saturated rings. The molecule has 6 aromatic carbocycles. The fraction of sp³-hybridized carbons (Fsp3) is 0.391. The molecule has 6 atom stereocenters. The fourth-order valence-electron chi connectivity index (χ4n) is 11.5. The topological polar surface area (TPSA) is 74.2 Å². The van der Waals surface area contributed by atoms with Gasteiger partial charge in [-0.15, -0.1) is 0 Å². The van der Waals surface area contributed by atoms with E-state index in [0.29, 0.717) is 25.4 Å². The van der Waals surface area contributed by atoms with Crippen LogP contribution in [0.5, 0.6) is 0 Å². The minimum Gasteiger partial charge on any atom is -0.459 e. The van der Waals surface area contributed by atoms with Gasteiger partial charge >= 0.3 is 5.97 Å². The summed E-state index contributed by atoms with van der Waals surface area (Å²) < 4.78 is 29.2. The van der Waals surface area contributed by atoms with Crippen LogP contribution in [0.25, 0.3) is 0 Å². The van der Waals surface area contributed by atoms with Gasteiger partial charge in [-0.1, -0.05) is 251 Å². The van der Waals surface area contributed by atoms with Crippen LogP contribution in [-0.4, -0.2) is 58.7 Å². The molecule has 0 unspecified atom stereocenters. The summed E-state index contributed by atoms with van der Waals surface area (Å²) >= 11 is 0. The van der Waals surface area contributed by atoms with Crippen molar-refractivity contribution in [3.05, 3.63) is 205 Å². The lowest BCUT2D eigenvalue weighted by Crippen LogP contribution is -2.68. The molecule has 0 radical (unpaired) electrons. The molecule has 0 aliphatic heterocycles. The van der Waals surface area contributed by atoms with E-state index in [1.165, 1.54) is 5.56 Å². The molecule has 0 saturated heterocycles. The number of esters is 1. The summed E-state index contributed by atoms with van der Waals surface area (Å²) in [6.45, 7) is 20.6. The first-order valence-corrected chi connectivity index (χ1v) is 30.1. The van der Waals surface area contributed by atoms with Gasteiger partial charge in [0.1, 0.15) is 6.10 Å². The molecular weight excluding hydrogens is 921 g/mol. The summed E-state index contributed by atoms with van der Waals surface area (Å²) in [5, 5.41) is 15.4. The van der Waals surface area contributed by atoms with Gasteiger partial charge in [-0.3, -0.25) is 0 Å². The lowest BCUT2D eigenvalue weighted by Gasteiger charge is -2.46. The van der Waals surface area contributed by atoms with E-state index in [2.05, 4.69) is 214 Å². The van der Waals surface area contributed by atoms with E-state index in [0.717, 1.165) is 45.6 Å². The number of benzene rings is 6. The zero-order chi connectivity index (χ0) is 51.4. The number of hydrogen-bond acceptors (Lipinski definition) is 6. The van der Waals surface area contributed by atoms with Crippen LogP contribution in [0.4, 0.5) is 0 Å². The van der Waals surface area contributed by atoms with Crippen molar-refractivity contribution < 1.29 is 28.2 Å². The molecular formula is C64H80O6Si2. The monoisotopic (exact) mass is 1000 g/mol. The highest BCUT2D eigenvalue weighted by Gasteiger charge is 2.53. The van der Waals surface area contributed by atoms with Gasteiger partial charge in [0.15, 0.2) is 0 Å². The highest BCUT2D eigenvalue weighted by Crippen LogP contribution is 2.44. The van der Waals surface area contributed by atoms with Crippen molar-refractivity contribution in [2.45, 2.75) is 141 Å². The van der Waals surface area contributed by atoms with Crippen molar-refractivity contribution in [1.82, 2.24) is 0 Å². The van der Waals surface area contributed by atoms with E-state index < -0.39 is 34.9 Å². The maximum Gasteiger partial charge on any atom is 0.330 e. The summed E-state index contributed by atoms with van der Waals surface area (Å²) in [4.78, 5) is 14.5. The van der Waals surface area contributed by atoms with Crippen molar-refractivity contribution >= 4 is 43.4 Å². The molecule has 0 spiro atoms. The van der Waals surface area contributed by atoms with Gasteiger partial charge in [0.25, 0.3) is 16.6 Å². The third-order valence-electron chi connectivity index (χ3n) is 15.3. The Kier molecular flexibility index (Phi) is 18.4. The molecule has 6 nitrogen and oxygen atoms in total. The lowest BCUT2D eigenvalue weighted by molar-refractivity contribution is -0.150. The Balaban J connectivity index is 1.30. The summed E-state index contributed by atoms with van der Waals surface area (Å²) in [5.74, 6) is 0.220. The molecule has 0 bridgehead atoms. The number of rotatable bonds is 21. The third kappa shape index (κ3) is 12.8. The van der Waals surface area contributed by atoms with E-state index >= 15 is 0 Å². The standard InChI is InChI=1S/C64H80O6Si2/c1-49-40-42-59(64(8,9)51-30-18-11-19-31-51)60(44-49)68-61(66)43-41-52(69-71(62(2,3)4,55-32-20-12-21-33-55)56-34-22-13-23-35-56)45-53(67-48-50-28-16-10-17-29-50)46-54(47-65)70-72(63(5,6)7,57-36-24-14-25-37-57)58-38-26-15-27-39-58/h10-39,41,43,49,52-54,59-60,65H,40,42,44-48H2,1-9H3/b43-41+/t49-,52+,53-,54+,59-,60-/m1/s1. The predicted molar refractivity (Wildman–Crippen MR) is 301 cm³/mol. The molecule has 1 saturated carbocycles.